The molecular formula is C17H26FN2O+. The van der Waals surface area contributed by atoms with E-state index in [9.17, 15) is 9.18 Å². The second-order valence-electron chi connectivity index (χ2n) is 6.06. The summed E-state index contributed by atoms with van der Waals surface area (Å²) in [5.74, 6) is -0.336. The number of aryl methyl sites for hydroxylation is 1. The lowest BCUT2D eigenvalue weighted by atomic mass is 9.97. The topological polar surface area (TPSA) is 45.7 Å². The van der Waals surface area contributed by atoms with E-state index in [1.165, 1.54) is 51.0 Å². The second kappa shape index (κ2) is 8.13. The maximum absolute atomic E-state index is 13.4. The van der Waals surface area contributed by atoms with Crippen molar-refractivity contribution < 1.29 is 14.5 Å². The minimum Gasteiger partial charge on any atom is -0.336 e. The van der Waals surface area contributed by atoms with Crippen molar-refractivity contribution in [1.82, 2.24) is 0 Å². The lowest BCUT2D eigenvalue weighted by molar-refractivity contribution is -0.680. The highest BCUT2D eigenvalue weighted by atomic mass is 19.1. The number of halogens is 1. The molecule has 1 saturated carbocycles. The van der Waals surface area contributed by atoms with Crippen LogP contribution in [0.3, 0.4) is 0 Å². The zero-order valence-corrected chi connectivity index (χ0v) is 12.8. The molecule has 3 N–H and O–H groups in total. The Morgan fingerprint density at radius 3 is 2.57 bits per heavy atom. The van der Waals surface area contributed by atoms with E-state index in [-0.39, 0.29) is 11.7 Å². The molecule has 0 radical (unpaired) electrons. The molecular weight excluding hydrogens is 267 g/mol. The lowest BCUT2D eigenvalue weighted by Gasteiger charge is -2.18. The molecule has 1 aliphatic carbocycles. The minimum atomic E-state index is -0.281. The number of anilines is 1. The van der Waals surface area contributed by atoms with Gasteiger partial charge in [-0.3, -0.25) is 4.79 Å². The van der Waals surface area contributed by atoms with Gasteiger partial charge in [-0.15, -0.1) is 0 Å². The molecule has 0 saturated heterocycles. The van der Waals surface area contributed by atoms with Gasteiger partial charge in [-0.05, 0) is 50.3 Å². The van der Waals surface area contributed by atoms with Gasteiger partial charge in [0.1, 0.15) is 5.82 Å². The fourth-order valence-electron chi connectivity index (χ4n) is 2.88. The minimum absolute atomic E-state index is 0.0553. The maximum Gasteiger partial charge on any atom is 0.279 e. The number of benzene rings is 1. The highest BCUT2D eigenvalue weighted by molar-refractivity contribution is 5.91. The van der Waals surface area contributed by atoms with Crippen molar-refractivity contribution in [2.75, 3.05) is 11.9 Å². The van der Waals surface area contributed by atoms with E-state index in [4.69, 9.17) is 0 Å². The zero-order chi connectivity index (χ0) is 15.1. The van der Waals surface area contributed by atoms with Gasteiger partial charge in [-0.25, -0.2) is 4.39 Å². The number of nitrogens with two attached hydrogens (primary N) is 1. The van der Waals surface area contributed by atoms with Crippen molar-refractivity contribution in [3.63, 3.8) is 0 Å². The normalized spacial score (nSPS) is 17.0. The van der Waals surface area contributed by atoms with E-state index in [2.05, 4.69) is 10.6 Å². The van der Waals surface area contributed by atoms with Crippen LogP contribution in [-0.2, 0) is 4.79 Å². The Bertz CT molecular complexity index is 468. The van der Waals surface area contributed by atoms with Crippen molar-refractivity contribution in [2.24, 2.45) is 0 Å². The van der Waals surface area contributed by atoms with Crippen molar-refractivity contribution in [2.45, 2.75) is 57.9 Å². The summed E-state index contributed by atoms with van der Waals surface area (Å²) < 4.78 is 13.4. The molecule has 0 bridgehead atoms. The number of carbonyl (C=O) groups excluding carboxylic acids is 1. The van der Waals surface area contributed by atoms with Gasteiger partial charge in [-0.1, -0.05) is 25.3 Å². The predicted octanol–water partition coefficient (Wildman–Crippen LogP) is 2.75. The molecule has 0 atom stereocenters. The van der Waals surface area contributed by atoms with Crippen LogP contribution in [0.5, 0.6) is 0 Å². The molecule has 1 fully saturated rings. The van der Waals surface area contributed by atoms with Crippen LogP contribution in [-0.4, -0.2) is 18.5 Å². The highest BCUT2D eigenvalue weighted by Crippen LogP contribution is 2.15. The Morgan fingerprint density at radius 1 is 1.24 bits per heavy atom. The van der Waals surface area contributed by atoms with Gasteiger partial charge in [0.25, 0.3) is 5.91 Å². The molecule has 0 spiro atoms. The Labute approximate surface area is 126 Å². The van der Waals surface area contributed by atoms with Crippen LogP contribution >= 0.6 is 0 Å². The van der Waals surface area contributed by atoms with Crippen molar-refractivity contribution in [3.05, 3.63) is 29.6 Å². The number of rotatable bonds is 4. The Morgan fingerprint density at radius 2 is 1.90 bits per heavy atom. The fraction of sp³-hybridized carbons (Fsp3) is 0.588. The second-order valence-corrected chi connectivity index (χ2v) is 6.06. The van der Waals surface area contributed by atoms with Gasteiger partial charge in [0.15, 0.2) is 6.54 Å². The molecule has 1 amide bonds. The van der Waals surface area contributed by atoms with Gasteiger partial charge in [-0.2, -0.15) is 0 Å². The summed E-state index contributed by atoms with van der Waals surface area (Å²) in [4.78, 5) is 11.9. The maximum atomic E-state index is 13.4. The molecule has 21 heavy (non-hydrogen) atoms. The largest absolute Gasteiger partial charge is 0.336 e. The number of quaternary nitrogens is 1. The SMILES string of the molecule is Cc1ccc(NC(=O)C[NH2+]C2CCCCCCC2)cc1F. The summed E-state index contributed by atoms with van der Waals surface area (Å²) >= 11 is 0. The van der Waals surface area contributed by atoms with Crippen LogP contribution < -0.4 is 10.6 Å². The van der Waals surface area contributed by atoms with Gasteiger partial charge < -0.3 is 10.6 Å². The molecule has 1 aromatic carbocycles. The van der Waals surface area contributed by atoms with Gasteiger partial charge in [0, 0.05) is 5.69 Å². The fourth-order valence-corrected chi connectivity index (χ4v) is 2.88. The average molecular weight is 293 g/mol. The summed E-state index contributed by atoms with van der Waals surface area (Å²) in [6, 6.07) is 5.37. The van der Waals surface area contributed by atoms with Crippen LogP contribution in [0.1, 0.15) is 50.5 Å². The molecule has 0 heterocycles. The standard InChI is InChI=1S/C17H25FN2O/c1-13-9-10-15(11-16(13)18)20-17(21)12-19-14-7-5-3-2-4-6-8-14/h9-11,14,19H,2-8,12H2,1H3,(H,20,21)/p+1. The number of hydrogen-bond acceptors (Lipinski definition) is 1. The predicted molar refractivity (Wildman–Crippen MR) is 82.7 cm³/mol. The zero-order valence-electron chi connectivity index (χ0n) is 12.8. The lowest BCUT2D eigenvalue weighted by Crippen LogP contribution is -2.91. The van der Waals surface area contributed by atoms with Gasteiger partial charge in [0.2, 0.25) is 0 Å². The summed E-state index contributed by atoms with van der Waals surface area (Å²) in [5.41, 5.74) is 1.13. The van der Waals surface area contributed by atoms with E-state index >= 15 is 0 Å². The third kappa shape index (κ3) is 5.46. The summed E-state index contributed by atoms with van der Waals surface area (Å²) in [6.07, 6.45) is 8.93. The molecule has 2 rings (SSSR count). The van der Waals surface area contributed by atoms with Crippen LogP contribution in [0.4, 0.5) is 10.1 Å². The molecule has 3 nitrogen and oxygen atoms in total. The Hall–Kier alpha value is -1.42. The summed E-state index contributed by atoms with van der Waals surface area (Å²) in [5, 5.41) is 4.91. The van der Waals surface area contributed by atoms with Crippen molar-refractivity contribution >= 4 is 11.6 Å². The van der Waals surface area contributed by atoms with Crippen molar-refractivity contribution in [3.8, 4) is 0 Å². The van der Waals surface area contributed by atoms with Crippen LogP contribution in [0, 0.1) is 12.7 Å². The number of carbonyl (C=O) groups is 1. The molecule has 0 aliphatic heterocycles. The van der Waals surface area contributed by atoms with E-state index in [1.807, 2.05) is 0 Å². The molecule has 1 aromatic rings. The average Bonchev–Trinajstić information content (AvgIpc) is 2.42. The molecule has 0 unspecified atom stereocenters. The summed E-state index contributed by atoms with van der Waals surface area (Å²) in [6.45, 7) is 2.13. The van der Waals surface area contributed by atoms with E-state index in [1.54, 1.807) is 19.1 Å². The first kappa shape index (κ1) is 16.0. The first-order chi connectivity index (χ1) is 10.1. The van der Waals surface area contributed by atoms with Gasteiger partial charge in [0.05, 0.1) is 6.04 Å². The Kier molecular flexibility index (Phi) is 6.18. The first-order valence-corrected chi connectivity index (χ1v) is 8.04. The third-order valence-electron chi connectivity index (χ3n) is 4.24. The third-order valence-corrected chi connectivity index (χ3v) is 4.24. The Balaban J connectivity index is 1.77. The van der Waals surface area contributed by atoms with Crippen LogP contribution in [0.2, 0.25) is 0 Å². The quantitative estimate of drug-likeness (QED) is 0.881. The molecule has 4 heteroatoms. The summed E-state index contributed by atoms with van der Waals surface area (Å²) in [7, 11) is 0. The monoisotopic (exact) mass is 293 g/mol. The van der Waals surface area contributed by atoms with E-state index < -0.39 is 0 Å². The first-order valence-electron chi connectivity index (χ1n) is 8.04. The highest BCUT2D eigenvalue weighted by Gasteiger charge is 2.15. The van der Waals surface area contributed by atoms with E-state index in [0.29, 0.717) is 23.8 Å². The number of amides is 1. The van der Waals surface area contributed by atoms with Crippen LogP contribution in [0.25, 0.3) is 0 Å². The van der Waals surface area contributed by atoms with Crippen molar-refractivity contribution in [1.29, 1.82) is 0 Å². The van der Waals surface area contributed by atoms with Crippen LogP contribution in [0.15, 0.2) is 18.2 Å². The smallest absolute Gasteiger partial charge is 0.279 e. The molecule has 1 aliphatic rings. The number of hydrogen-bond donors (Lipinski definition) is 2. The van der Waals surface area contributed by atoms with Gasteiger partial charge >= 0.3 is 0 Å². The van der Waals surface area contributed by atoms with E-state index in [0.717, 1.165) is 0 Å². The number of nitrogens with one attached hydrogen (secondary N) is 1. The molecule has 116 valence electrons. The molecule has 0 aromatic heterocycles.